The molecule has 0 amide bonds. The average molecular weight is 630 g/mol. The number of allylic oxidation sites excluding steroid dienone is 1. The van der Waals surface area contributed by atoms with Gasteiger partial charge in [0.05, 0.1) is 30.1 Å². The molecule has 4 heterocycles. The molecule has 12 heteroatoms. The highest BCUT2D eigenvalue weighted by Gasteiger charge is 2.23. The van der Waals surface area contributed by atoms with Crippen molar-refractivity contribution in [1.29, 1.82) is 0 Å². The van der Waals surface area contributed by atoms with E-state index in [1.165, 1.54) is 18.5 Å². The van der Waals surface area contributed by atoms with Crippen molar-refractivity contribution in [2.24, 2.45) is 0 Å². The fourth-order valence-corrected chi connectivity index (χ4v) is 5.53. The standard InChI is InChI=1S/C31H36FN7O3.C3H4O/c1-38-11-7-20(8-12-38)36-28-16-24-27(17-29(28)41-3)34-19-35-31(24)37-26-5-4-21(14-25(26)32)42-22-6-10-33-30(15-22)39-13-9-23(18-39)40-2;1-2-3-4/h4-6,10,14-17,19-20,23,36H,7-9,11-13,18H2,1-3H3,(H,34,35,37);2-3H,1H2. The number of nitrogens with one attached hydrogen (secondary N) is 2. The Hall–Kier alpha value is -4.81. The van der Waals surface area contributed by atoms with E-state index in [2.05, 4.69) is 49.0 Å². The maximum atomic E-state index is 15.3. The molecule has 11 nitrogen and oxygen atoms in total. The minimum atomic E-state index is -0.464. The number of aldehydes is 1. The molecular formula is C34H40FN7O4. The SMILES string of the molecule is C=CC=O.COc1cc2ncnc(Nc3ccc(Oc4ccnc(N5CCC(OC)C5)c4)cc3F)c2cc1NC1CCN(C)CC1. The van der Waals surface area contributed by atoms with E-state index in [9.17, 15) is 0 Å². The van der Waals surface area contributed by atoms with E-state index in [-0.39, 0.29) is 11.8 Å². The van der Waals surface area contributed by atoms with Crippen molar-refractivity contribution >= 4 is 40.2 Å². The van der Waals surface area contributed by atoms with Gasteiger partial charge < -0.3 is 34.6 Å². The molecule has 46 heavy (non-hydrogen) atoms. The van der Waals surface area contributed by atoms with Crippen molar-refractivity contribution in [1.82, 2.24) is 19.9 Å². The van der Waals surface area contributed by atoms with Crippen LogP contribution in [-0.4, -0.2) is 85.7 Å². The van der Waals surface area contributed by atoms with Crippen molar-refractivity contribution in [3.05, 3.63) is 73.5 Å². The Kier molecular flexibility index (Phi) is 10.9. The maximum absolute atomic E-state index is 15.3. The van der Waals surface area contributed by atoms with Crippen molar-refractivity contribution in [2.45, 2.75) is 31.4 Å². The predicted molar refractivity (Wildman–Crippen MR) is 178 cm³/mol. The number of methoxy groups -OCH3 is 2. The van der Waals surface area contributed by atoms with Gasteiger partial charge in [0.25, 0.3) is 0 Å². The van der Waals surface area contributed by atoms with Gasteiger partial charge in [0, 0.05) is 56.0 Å². The summed E-state index contributed by atoms with van der Waals surface area (Å²) in [6.07, 6.45) is 8.22. The zero-order valence-electron chi connectivity index (χ0n) is 26.4. The van der Waals surface area contributed by atoms with Gasteiger partial charge in [-0.05, 0) is 69.7 Å². The summed E-state index contributed by atoms with van der Waals surface area (Å²) in [5.74, 6) is 2.52. The molecule has 1 atom stereocenters. The lowest BCUT2D eigenvalue weighted by atomic mass is 10.0. The van der Waals surface area contributed by atoms with Gasteiger partial charge in [-0.2, -0.15) is 0 Å². The topological polar surface area (TPSA) is 114 Å². The third-order valence-corrected chi connectivity index (χ3v) is 8.08. The summed E-state index contributed by atoms with van der Waals surface area (Å²) in [5.41, 5.74) is 1.84. The Morgan fingerprint density at radius 2 is 1.76 bits per heavy atom. The van der Waals surface area contributed by atoms with E-state index >= 15 is 4.39 Å². The van der Waals surface area contributed by atoms with E-state index < -0.39 is 5.82 Å². The molecule has 2 aliphatic heterocycles. The molecule has 1 unspecified atom stereocenters. The van der Waals surface area contributed by atoms with Crippen LogP contribution in [0.15, 0.2) is 67.6 Å². The molecule has 0 spiro atoms. The number of pyridine rings is 1. The summed E-state index contributed by atoms with van der Waals surface area (Å²) >= 11 is 0. The quantitative estimate of drug-likeness (QED) is 0.164. The van der Waals surface area contributed by atoms with E-state index in [0.29, 0.717) is 40.9 Å². The fraction of sp³-hybridized carbons (Fsp3) is 0.353. The molecule has 0 radical (unpaired) electrons. The van der Waals surface area contributed by atoms with Crippen LogP contribution in [-0.2, 0) is 9.53 Å². The number of fused-ring (bicyclic) bond motifs is 1. The van der Waals surface area contributed by atoms with Crippen LogP contribution in [0, 0.1) is 5.82 Å². The normalized spacial score (nSPS) is 16.8. The van der Waals surface area contributed by atoms with Crippen LogP contribution in [0.5, 0.6) is 17.2 Å². The first-order chi connectivity index (χ1) is 22.4. The van der Waals surface area contributed by atoms with Crippen molar-refractivity contribution in [3.63, 3.8) is 0 Å². The number of likely N-dealkylation sites (tertiary alicyclic amines) is 1. The van der Waals surface area contributed by atoms with Crippen molar-refractivity contribution in [3.8, 4) is 17.2 Å². The average Bonchev–Trinajstić information content (AvgIpc) is 3.57. The molecule has 0 bridgehead atoms. The van der Waals surface area contributed by atoms with E-state index in [0.717, 1.165) is 62.3 Å². The first-order valence-electron chi connectivity index (χ1n) is 15.2. The molecule has 0 saturated carbocycles. The third kappa shape index (κ3) is 8.06. The minimum absolute atomic E-state index is 0.196. The van der Waals surface area contributed by atoms with Gasteiger partial charge in [0.1, 0.15) is 47.3 Å². The summed E-state index contributed by atoms with van der Waals surface area (Å²) in [6.45, 7) is 6.84. The summed E-state index contributed by atoms with van der Waals surface area (Å²) in [4.78, 5) is 26.9. The van der Waals surface area contributed by atoms with Gasteiger partial charge in [-0.15, -0.1) is 0 Å². The second kappa shape index (κ2) is 15.5. The molecule has 2 saturated heterocycles. The fourth-order valence-electron chi connectivity index (χ4n) is 5.53. The van der Waals surface area contributed by atoms with Crippen LogP contribution in [0.2, 0.25) is 0 Å². The van der Waals surface area contributed by atoms with Crippen LogP contribution < -0.4 is 25.0 Å². The number of anilines is 4. The lowest BCUT2D eigenvalue weighted by molar-refractivity contribution is -0.104. The Balaban J connectivity index is 0.000000985. The van der Waals surface area contributed by atoms with Crippen LogP contribution in [0.4, 0.5) is 27.4 Å². The van der Waals surface area contributed by atoms with Crippen LogP contribution in [0.1, 0.15) is 19.3 Å². The summed E-state index contributed by atoms with van der Waals surface area (Å²) in [6, 6.07) is 12.5. The van der Waals surface area contributed by atoms with Gasteiger partial charge >= 0.3 is 0 Å². The molecule has 4 aromatic rings. The Morgan fingerprint density at radius 1 is 0.978 bits per heavy atom. The molecule has 2 aromatic carbocycles. The number of benzene rings is 2. The van der Waals surface area contributed by atoms with E-state index in [1.54, 1.807) is 38.6 Å². The van der Waals surface area contributed by atoms with Crippen LogP contribution in [0.25, 0.3) is 10.9 Å². The largest absolute Gasteiger partial charge is 0.495 e. The number of nitrogens with zero attached hydrogens (tertiary/aromatic N) is 5. The van der Waals surface area contributed by atoms with E-state index in [1.807, 2.05) is 18.2 Å². The number of halogens is 1. The highest BCUT2D eigenvalue weighted by molar-refractivity contribution is 5.95. The highest BCUT2D eigenvalue weighted by atomic mass is 19.1. The summed E-state index contributed by atoms with van der Waals surface area (Å²) in [7, 11) is 5.52. The van der Waals surface area contributed by atoms with E-state index in [4.69, 9.17) is 19.0 Å². The number of rotatable bonds is 10. The zero-order chi connectivity index (χ0) is 32.5. The van der Waals surface area contributed by atoms with Gasteiger partial charge in [0.15, 0.2) is 0 Å². The first-order valence-corrected chi connectivity index (χ1v) is 15.2. The molecule has 2 N–H and O–H groups in total. The monoisotopic (exact) mass is 629 g/mol. The molecule has 242 valence electrons. The number of ether oxygens (including phenoxy) is 3. The van der Waals surface area contributed by atoms with Crippen molar-refractivity contribution in [2.75, 3.05) is 63.0 Å². The maximum Gasteiger partial charge on any atom is 0.150 e. The van der Waals surface area contributed by atoms with Crippen LogP contribution >= 0.6 is 0 Å². The molecule has 0 aliphatic carbocycles. The molecule has 2 aliphatic rings. The second-order valence-corrected chi connectivity index (χ2v) is 11.2. The van der Waals surface area contributed by atoms with Gasteiger partial charge in [-0.25, -0.2) is 19.3 Å². The summed E-state index contributed by atoms with van der Waals surface area (Å²) in [5, 5.41) is 7.54. The smallest absolute Gasteiger partial charge is 0.150 e. The Bertz CT molecular complexity index is 1640. The van der Waals surface area contributed by atoms with Gasteiger partial charge in [-0.3, -0.25) is 4.79 Å². The van der Waals surface area contributed by atoms with Gasteiger partial charge in [-0.1, -0.05) is 6.58 Å². The number of hydrogen-bond donors (Lipinski definition) is 2. The van der Waals surface area contributed by atoms with Crippen LogP contribution in [0.3, 0.4) is 0 Å². The Morgan fingerprint density at radius 3 is 2.46 bits per heavy atom. The first kappa shape index (κ1) is 32.6. The molecule has 2 fully saturated rings. The molecule has 6 rings (SSSR count). The molecular weight excluding hydrogens is 589 g/mol. The molecule has 2 aromatic heterocycles. The predicted octanol–water partition coefficient (Wildman–Crippen LogP) is 5.81. The highest BCUT2D eigenvalue weighted by Crippen LogP contribution is 2.35. The van der Waals surface area contributed by atoms with Crippen molar-refractivity contribution < 1.29 is 23.4 Å². The second-order valence-electron chi connectivity index (χ2n) is 11.2. The lowest BCUT2D eigenvalue weighted by Gasteiger charge is -2.30. The summed E-state index contributed by atoms with van der Waals surface area (Å²) < 4.78 is 32.4. The number of aromatic nitrogens is 3. The lowest BCUT2D eigenvalue weighted by Crippen LogP contribution is -2.36. The third-order valence-electron chi connectivity index (χ3n) is 8.08. The zero-order valence-corrected chi connectivity index (χ0v) is 26.4. The Labute approximate surface area is 268 Å². The minimum Gasteiger partial charge on any atom is -0.495 e. The number of hydrogen-bond acceptors (Lipinski definition) is 11. The number of carbonyl (C=O) groups excluding carboxylic acids is 1. The number of piperidine rings is 1. The van der Waals surface area contributed by atoms with Gasteiger partial charge in [0.2, 0.25) is 0 Å². The number of carbonyl (C=O) groups is 1.